The van der Waals surface area contributed by atoms with Crippen LogP contribution in [0.5, 0.6) is 0 Å². The third kappa shape index (κ3) is 3.96. The van der Waals surface area contributed by atoms with Gasteiger partial charge in [0.15, 0.2) is 9.84 Å². The molecule has 9 heteroatoms. The van der Waals surface area contributed by atoms with E-state index in [0.29, 0.717) is 17.5 Å². The second kappa shape index (κ2) is 6.94. The zero-order valence-corrected chi connectivity index (χ0v) is 14.7. The second-order valence-electron chi connectivity index (χ2n) is 5.59. The zero-order valence-electron chi connectivity index (χ0n) is 13.1. The summed E-state index contributed by atoms with van der Waals surface area (Å²) in [5.41, 5.74) is 0.816. The molecular formula is C15H17N3O4S2. The van der Waals surface area contributed by atoms with E-state index >= 15 is 0 Å². The van der Waals surface area contributed by atoms with Gasteiger partial charge in [0.05, 0.1) is 17.3 Å². The largest absolute Gasteiger partial charge is 0.411 e. The molecule has 1 amide bonds. The fraction of sp³-hybridized carbons (Fsp3) is 0.400. The van der Waals surface area contributed by atoms with Gasteiger partial charge in [0, 0.05) is 18.7 Å². The van der Waals surface area contributed by atoms with Gasteiger partial charge in [-0.05, 0) is 18.6 Å². The molecule has 1 atom stereocenters. The molecule has 3 rings (SSSR count). The van der Waals surface area contributed by atoms with E-state index in [1.807, 2.05) is 30.3 Å². The Bertz CT molecular complexity index is 820. The highest BCUT2D eigenvalue weighted by atomic mass is 32.2. The van der Waals surface area contributed by atoms with Crippen molar-refractivity contribution in [3.05, 3.63) is 30.3 Å². The molecule has 128 valence electrons. The number of sulfone groups is 1. The topological polar surface area (TPSA) is 93.4 Å². The van der Waals surface area contributed by atoms with Crippen molar-refractivity contribution in [3.63, 3.8) is 0 Å². The molecular weight excluding hydrogens is 350 g/mol. The predicted molar refractivity (Wildman–Crippen MR) is 90.3 cm³/mol. The molecule has 2 aromatic rings. The van der Waals surface area contributed by atoms with Crippen LogP contribution in [0.15, 0.2) is 40.0 Å². The molecule has 1 unspecified atom stereocenters. The van der Waals surface area contributed by atoms with Crippen LogP contribution in [0.25, 0.3) is 11.5 Å². The minimum Gasteiger partial charge on any atom is -0.411 e. The number of nitrogens with zero attached hydrogens (tertiary/aromatic N) is 3. The number of amides is 1. The fourth-order valence-corrected chi connectivity index (χ4v) is 4.94. The Balaban J connectivity index is 1.56. The highest BCUT2D eigenvalue weighted by molar-refractivity contribution is 7.99. The first-order valence-electron chi connectivity index (χ1n) is 7.42. The van der Waals surface area contributed by atoms with Crippen molar-refractivity contribution in [2.75, 3.05) is 24.3 Å². The van der Waals surface area contributed by atoms with Gasteiger partial charge in [-0.25, -0.2) is 8.42 Å². The highest BCUT2D eigenvalue weighted by Crippen LogP contribution is 2.24. The molecule has 0 spiro atoms. The van der Waals surface area contributed by atoms with Crippen LogP contribution in [0.1, 0.15) is 6.42 Å². The van der Waals surface area contributed by atoms with Crippen LogP contribution in [0.4, 0.5) is 0 Å². The number of carbonyl (C=O) groups excluding carboxylic acids is 1. The molecule has 1 fully saturated rings. The zero-order chi connectivity index (χ0) is 17.2. The van der Waals surface area contributed by atoms with Crippen LogP contribution in [0, 0.1) is 0 Å². The standard InChI is InChI=1S/C15H17N3O4S2/c1-18(12-7-8-24(20,21)10-12)13(19)9-23-15-17-16-14(22-15)11-5-3-2-4-6-11/h2-6,12H,7-10H2,1H3. The molecule has 1 saturated heterocycles. The average molecular weight is 367 g/mol. The maximum atomic E-state index is 12.2. The van der Waals surface area contributed by atoms with Crippen LogP contribution in [-0.2, 0) is 14.6 Å². The first-order valence-corrected chi connectivity index (χ1v) is 10.2. The first kappa shape index (κ1) is 17.0. The number of hydrogen-bond acceptors (Lipinski definition) is 7. The summed E-state index contributed by atoms with van der Waals surface area (Å²) in [5, 5.41) is 8.20. The van der Waals surface area contributed by atoms with Crippen molar-refractivity contribution in [3.8, 4) is 11.5 Å². The second-order valence-corrected chi connectivity index (χ2v) is 8.74. The molecule has 1 aromatic carbocycles. The molecule has 0 bridgehead atoms. The average Bonchev–Trinajstić information content (AvgIpc) is 3.19. The molecule has 2 heterocycles. The lowest BCUT2D eigenvalue weighted by atomic mass is 10.2. The Morgan fingerprint density at radius 1 is 1.33 bits per heavy atom. The first-order chi connectivity index (χ1) is 11.4. The van der Waals surface area contributed by atoms with E-state index in [-0.39, 0.29) is 29.2 Å². The van der Waals surface area contributed by atoms with Gasteiger partial charge in [0.2, 0.25) is 11.8 Å². The van der Waals surface area contributed by atoms with Crippen LogP contribution in [-0.4, -0.2) is 59.8 Å². The molecule has 1 aliphatic heterocycles. The van der Waals surface area contributed by atoms with Crippen molar-refractivity contribution in [1.29, 1.82) is 0 Å². The maximum Gasteiger partial charge on any atom is 0.277 e. The van der Waals surface area contributed by atoms with E-state index in [9.17, 15) is 13.2 Å². The number of aromatic nitrogens is 2. The lowest BCUT2D eigenvalue weighted by Crippen LogP contribution is -2.38. The van der Waals surface area contributed by atoms with Gasteiger partial charge < -0.3 is 9.32 Å². The Morgan fingerprint density at radius 3 is 2.75 bits per heavy atom. The van der Waals surface area contributed by atoms with Gasteiger partial charge in [0.1, 0.15) is 0 Å². The summed E-state index contributed by atoms with van der Waals surface area (Å²) in [5.74, 6) is 0.566. The summed E-state index contributed by atoms with van der Waals surface area (Å²) in [7, 11) is -1.37. The quantitative estimate of drug-likeness (QED) is 0.739. The number of thioether (sulfide) groups is 1. The molecule has 1 aliphatic rings. The summed E-state index contributed by atoms with van der Waals surface area (Å²) in [6.45, 7) is 0. The van der Waals surface area contributed by atoms with Gasteiger partial charge in [-0.3, -0.25) is 4.79 Å². The molecule has 0 aliphatic carbocycles. The van der Waals surface area contributed by atoms with Gasteiger partial charge in [-0.15, -0.1) is 10.2 Å². The smallest absolute Gasteiger partial charge is 0.277 e. The Morgan fingerprint density at radius 2 is 2.08 bits per heavy atom. The Kier molecular flexibility index (Phi) is 4.91. The van der Waals surface area contributed by atoms with Crippen molar-refractivity contribution in [1.82, 2.24) is 15.1 Å². The maximum absolute atomic E-state index is 12.2. The van der Waals surface area contributed by atoms with Gasteiger partial charge in [-0.2, -0.15) is 0 Å². The summed E-state index contributed by atoms with van der Waals surface area (Å²) in [6, 6.07) is 9.13. The van der Waals surface area contributed by atoms with E-state index in [1.54, 1.807) is 7.05 Å². The van der Waals surface area contributed by atoms with E-state index in [0.717, 1.165) is 17.3 Å². The lowest BCUT2D eigenvalue weighted by molar-refractivity contribution is -0.128. The lowest BCUT2D eigenvalue weighted by Gasteiger charge is -2.22. The number of benzene rings is 1. The minimum absolute atomic E-state index is 0.0403. The predicted octanol–water partition coefficient (Wildman–Crippen LogP) is 1.47. The third-order valence-electron chi connectivity index (χ3n) is 3.90. The number of carbonyl (C=O) groups is 1. The summed E-state index contributed by atoms with van der Waals surface area (Å²) in [6.07, 6.45) is 0.494. The van der Waals surface area contributed by atoms with E-state index in [1.165, 1.54) is 4.90 Å². The highest BCUT2D eigenvalue weighted by Gasteiger charge is 2.32. The molecule has 0 N–H and O–H groups in total. The van der Waals surface area contributed by atoms with Gasteiger partial charge in [-0.1, -0.05) is 30.0 Å². The van der Waals surface area contributed by atoms with Crippen molar-refractivity contribution < 1.29 is 17.6 Å². The number of rotatable bonds is 5. The Labute approximate surface area is 144 Å². The minimum atomic E-state index is -3.01. The summed E-state index contributed by atoms with van der Waals surface area (Å²) < 4.78 is 28.5. The third-order valence-corrected chi connectivity index (χ3v) is 6.45. The van der Waals surface area contributed by atoms with Gasteiger partial charge in [0.25, 0.3) is 5.22 Å². The normalized spacial score (nSPS) is 19.3. The number of hydrogen-bond donors (Lipinski definition) is 0. The molecule has 1 aromatic heterocycles. The van der Waals surface area contributed by atoms with Crippen LogP contribution >= 0.6 is 11.8 Å². The molecule has 0 radical (unpaired) electrons. The monoisotopic (exact) mass is 367 g/mol. The molecule has 0 saturated carbocycles. The SMILES string of the molecule is CN(C(=O)CSc1nnc(-c2ccccc2)o1)C1CCS(=O)(=O)C1. The van der Waals surface area contributed by atoms with Crippen molar-refractivity contribution in [2.24, 2.45) is 0 Å². The molecule has 24 heavy (non-hydrogen) atoms. The van der Waals surface area contributed by atoms with Crippen molar-refractivity contribution in [2.45, 2.75) is 17.7 Å². The van der Waals surface area contributed by atoms with Crippen LogP contribution in [0.3, 0.4) is 0 Å². The fourth-order valence-electron chi connectivity index (χ4n) is 2.48. The Hall–Kier alpha value is -1.87. The van der Waals surface area contributed by atoms with Gasteiger partial charge >= 0.3 is 0 Å². The molecule has 7 nitrogen and oxygen atoms in total. The van der Waals surface area contributed by atoms with E-state index in [2.05, 4.69) is 10.2 Å². The van der Waals surface area contributed by atoms with Crippen molar-refractivity contribution >= 4 is 27.5 Å². The van der Waals surface area contributed by atoms with Crippen LogP contribution < -0.4 is 0 Å². The van der Waals surface area contributed by atoms with E-state index < -0.39 is 9.84 Å². The summed E-state index contributed by atoms with van der Waals surface area (Å²) >= 11 is 1.15. The van der Waals surface area contributed by atoms with Crippen LogP contribution in [0.2, 0.25) is 0 Å². The van der Waals surface area contributed by atoms with E-state index in [4.69, 9.17) is 4.42 Å². The summed E-state index contributed by atoms with van der Waals surface area (Å²) in [4.78, 5) is 13.7.